The van der Waals surface area contributed by atoms with Gasteiger partial charge in [-0.15, -0.1) is 0 Å². The number of carbonyl (C=O) groups is 1. The summed E-state index contributed by atoms with van der Waals surface area (Å²) in [4.78, 5) is 18.9. The first kappa shape index (κ1) is 28.5. The van der Waals surface area contributed by atoms with Crippen LogP contribution in [-0.2, 0) is 34.2 Å². The molecule has 1 atom stereocenters. The monoisotopic (exact) mass is 525 g/mol. The summed E-state index contributed by atoms with van der Waals surface area (Å²) in [6.07, 6.45) is 8.14. The number of ether oxygens (including phenoxy) is 1. The fourth-order valence-electron chi connectivity index (χ4n) is 6.11. The minimum Gasteiger partial charge on any atom is -0.480 e. The third-order valence-corrected chi connectivity index (χ3v) is 8.06. The van der Waals surface area contributed by atoms with Crippen molar-refractivity contribution in [3.05, 3.63) is 58.0 Å². The molecule has 3 heterocycles. The molecule has 1 aromatic heterocycles. The molecule has 208 valence electrons. The van der Waals surface area contributed by atoms with Crippen molar-refractivity contribution >= 4 is 11.8 Å². The zero-order valence-electron chi connectivity index (χ0n) is 23.5. The molecule has 0 spiro atoms. The van der Waals surface area contributed by atoms with Crippen LogP contribution in [0.25, 0.3) is 0 Å². The molecule has 5 rings (SSSR count). The van der Waals surface area contributed by atoms with E-state index in [1.165, 1.54) is 18.1 Å². The van der Waals surface area contributed by atoms with Crippen LogP contribution in [0.5, 0.6) is 0 Å². The van der Waals surface area contributed by atoms with Gasteiger partial charge in [-0.2, -0.15) is 0 Å². The number of aromatic nitrogens is 1. The van der Waals surface area contributed by atoms with Crippen LogP contribution in [0, 0.1) is 5.82 Å². The van der Waals surface area contributed by atoms with Crippen LogP contribution in [-0.4, -0.2) is 53.3 Å². The molecular weight excluding hydrogens is 481 g/mol. The van der Waals surface area contributed by atoms with E-state index in [4.69, 9.17) is 9.72 Å². The van der Waals surface area contributed by atoms with Crippen molar-refractivity contribution in [2.24, 2.45) is 0 Å². The van der Waals surface area contributed by atoms with Gasteiger partial charge in [0, 0.05) is 31.9 Å². The van der Waals surface area contributed by atoms with Crippen molar-refractivity contribution in [2.45, 2.75) is 96.6 Å². The number of nitrogens with zero attached hydrogens (tertiary/aromatic N) is 2. The molecule has 2 aliphatic heterocycles. The van der Waals surface area contributed by atoms with Crippen molar-refractivity contribution in [3.8, 4) is 0 Å². The molecule has 1 aromatic carbocycles. The Bertz CT molecular complexity index is 1110. The first-order valence-electron chi connectivity index (χ1n) is 14.5. The summed E-state index contributed by atoms with van der Waals surface area (Å²) in [7, 11) is 0. The number of carboxylic acids is 1. The standard InChI is InChI=1S/C29H38FN3O3.C2H6/c1-29(2)12-11-20-15-21(30)16-24(25(20)29)26(28(34)35)33-17-23(18-33)36-14-5-3-4-8-22-10-9-19-7-6-13-31-27(19)32-22;1-2/h9-10,15-16,23,26H,3-8,11-14,17-18H2,1-2H3,(H,31,32)(H,34,35);1-2H3. The quantitative estimate of drug-likeness (QED) is 0.367. The van der Waals surface area contributed by atoms with Crippen LogP contribution in [0.4, 0.5) is 10.2 Å². The zero-order chi connectivity index (χ0) is 27.3. The molecule has 2 aromatic rings. The predicted molar refractivity (Wildman–Crippen MR) is 149 cm³/mol. The molecule has 6 nitrogen and oxygen atoms in total. The third-order valence-electron chi connectivity index (χ3n) is 8.06. The van der Waals surface area contributed by atoms with Gasteiger partial charge in [0.2, 0.25) is 0 Å². The molecule has 3 aliphatic rings. The molecule has 0 bridgehead atoms. The van der Waals surface area contributed by atoms with E-state index in [9.17, 15) is 14.3 Å². The third kappa shape index (κ3) is 6.37. The average Bonchev–Trinajstić information content (AvgIpc) is 3.18. The smallest absolute Gasteiger partial charge is 0.325 e. The van der Waals surface area contributed by atoms with E-state index in [-0.39, 0.29) is 17.3 Å². The molecule has 2 N–H and O–H groups in total. The van der Waals surface area contributed by atoms with Crippen LogP contribution >= 0.6 is 0 Å². The maximum Gasteiger partial charge on any atom is 0.325 e. The molecule has 0 saturated carbocycles. The number of hydrogen-bond donors (Lipinski definition) is 2. The van der Waals surface area contributed by atoms with Gasteiger partial charge >= 0.3 is 5.97 Å². The molecule has 7 heteroatoms. The second-order valence-electron chi connectivity index (χ2n) is 11.3. The van der Waals surface area contributed by atoms with Crippen molar-refractivity contribution in [3.63, 3.8) is 0 Å². The number of likely N-dealkylation sites (tertiary alicyclic amines) is 1. The molecule has 1 fully saturated rings. The molecule has 38 heavy (non-hydrogen) atoms. The maximum absolute atomic E-state index is 14.4. The average molecular weight is 526 g/mol. The number of unbranched alkanes of at least 4 members (excludes halogenated alkanes) is 2. The molecule has 0 radical (unpaired) electrons. The van der Waals surface area contributed by atoms with Crippen LogP contribution in [0.3, 0.4) is 0 Å². The highest BCUT2D eigenvalue weighted by molar-refractivity contribution is 5.77. The van der Waals surface area contributed by atoms with Gasteiger partial charge in [0.25, 0.3) is 0 Å². The number of fused-ring (bicyclic) bond motifs is 2. The lowest BCUT2D eigenvalue weighted by molar-refractivity contribution is -0.151. The van der Waals surface area contributed by atoms with Crippen molar-refractivity contribution in [2.75, 3.05) is 31.6 Å². The van der Waals surface area contributed by atoms with E-state index in [1.807, 2.05) is 18.7 Å². The Hall–Kier alpha value is -2.51. The molecule has 1 unspecified atom stereocenters. The molecule has 1 saturated heterocycles. The number of halogens is 1. The largest absolute Gasteiger partial charge is 0.480 e. The summed E-state index contributed by atoms with van der Waals surface area (Å²) in [6.45, 7) is 11.1. The first-order chi connectivity index (χ1) is 18.3. The lowest BCUT2D eigenvalue weighted by Crippen LogP contribution is -2.55. The Balaban J connectivity index is 0.00000164. The summed E-state index contributed by atoms with van der Waals surface area (Å²) in [5.41, 5.74) is 4.91. The molecule has 0 amide bonds. The Morgan fingerprint density at radius 2 is 1.97 bits per heavy atom. The van der Waals surface area contributed by atoms with Gasteiger partial charge in [-0.05, 0) is 90.8 Å². The van der Waals surface area contributed by atoms with Crippen molar-refractivity contribution in [1.29, 1.82) is 0 Å². The minimum atomic E-state index is -0.921. The first-order valence-corrected chi connectivity index (χ1v) is 14.5. The maximum atomic E-state index is 14.4. The topological polar surface area (TPSA) is 74.7 Å². The second-order valence-corrected chi connectivity index (χ2v) is 11.3. The minimum absolute atomic E-state index is 0.0369. The lowest BCUT2D eigenvalue weighted by atomic mass is 9.81. The Labute approximate surface area is 227 Å². The van der Waals surface area contributed by atoms with Crippen LogP contribution < -0.4 is 5.32 Å². The zero-order valence-corrected chi connectivity index (χ0v) is 23.5. The lowest BCUT2D eigenvalue weighted by Gasteiger charge is -2.43. The number of benzene rings is 1. The Morgan fingerprint density at radius 3 is 2.74 bits per heavy atom. The summed E-state index contributed by atoms with van der Waals surface area (Å²) in [5, 5.41) is 13.5. The van der Waals surface area contributed by atoms with Crippen molar-refractivity contribution in [1.82, 2.24) is 9.88 Å². The van der Waals surface area contributed by atoms with E-state index >= 15 is 0 Å². The molecule has 1 aliphatic carbocycles. The Kier molecular flexibility index (Phi) is 9.42. The number of aliphatic carboxylic acids is 1. The van der Waals surface area contributed by atoms with E-state index in [2.05, 4.69) is 31.3 Å². The van der Waals surface area contributed by atoms with Gasteiger partial charge in [0.05, 0.1) is 6.10 Å². The highest BCUT2D eigenvalue weighted by Gasteiger charge is 2.42. The summed E-state index contributed by atoms with van der Waals surface area (Å²) in [6, 6.07) is 6.54. The number of anilines is 1. The normalized spacial score (nSPS) is 18.9. The number of nitrogens with one attached hydrogen (secondary N) is 1. The van der Waals surface area contributed by atoms with Crippen LogP contribution in [0.2, 0.25) is 0 Å². The molecular formula is C31H44FN3O3. The summed E-state index contributed by atoms with van der Waals surface area (Å²) < 4.78 is 20.4. The number of aryl methyl sites for hydroxylation is 3. The van der Waals surface area contributed by atoms with Gasteiger partial charge in [0.1, 0.15) is 17.7 Å². The SMILES string of the molecule is CC.CC1(C)CCc2cc(F)cc(C(C(=O)O)N3CC(OCCCCCc4ccc5c(n4)NCCC5)C3)c21. The van der Waals surface area contributed by atoms with Gasteiger partial charge in [0.15, 0.2) is 0 Å². The number of pyridine rings is 1. The number of carboxylic acid groups (broad SMARTS) is 1. The van der Waals surface area contributed by atoms with Crippen LogP contribution in [0.15, 0.2) is 24.3 Å². The Morgan fingerprint density at radius 1 is 1.18 bits per heavy atom. The van der Waals surface area contributed by atoms with Crippen LogP contribution in [0.1, 0.15) is 93.8 Å². The number of rotatable bonds is 10. The fraction of sp³-hybridized carbons (Fsp3) is 0.613. The van der Waals surface area contributed by atoms with Gasteiger partial charge < -0.3 is 15.2 Å². The summed E-state index contributed by atoms with van der Waals surface area (Å²) >= 11 is 0. The van der Waals surface area contributed by atoms with Gasteiger partial charge in [-0.3, -0.25) is 9.69 Å². The predicted octanol–water partition coefficient (Wildman–Crippen LogP) is 6.07. The fourth-order valence-corrected chi connectivity index (χ4v) is 6.11. The van der Waals surface area contributed by atoms with Gasteiger partial charge in [-0.25, -0.2) is 9.37 Å². The van der Waals surface area contributed by atoms with E-state index in [1.54, 1.807) is 6.07 Å². The van der Waals surface area contributed by atoms with E-state index in [0.29, 0.717) is 25.3 Å². The van der Waals surface area contributed by atoms with Crippen molar-refractivity contribution < 1.29 is 19.0 Å². The van der Waals surface area contributed by atoms with Gasteiger partial charge in [-0.1, -0.05) is 40.2 Å². The highest BCUT2D eigenvalue weighted by Crippen LogP contribution is 2.44. The van der Waals surface area contributed by atoms with E-state index in [0.717, 1.165) is 74.1 Å². The summed E-state index contributed by atoms with van der Waals surface area (Å²) in [5.74, 6) is -0.208. The van der Waals surface area contributed by atoms with E-state index < -0.39 is 12.0 Å². The number of hydrogen-bond acceptors (Lipinski definition) is 5. The highest BCUT2D eigenvalue weighted by atomic mass is 19.1. The second kappa shape index (κ2) is 12.6.